The third kappa shape index (κ3) is 5.32. The van der Waals surface area contributed by atoms with E-state index in [1.807, 2.05) is 44.2 Å². The molecule has 1 aromatic rings. The number of carbonyl (C=O) groups is 1. The highest BCUT2D eigenvalue weighted by atomic mass is 32.2. The summed E-state index contributed by atoms with van der Waals surface area (Å²) in [6.45, 7) is 6.04. The van der Waals surface area contributed by atoms with Crippen LogP contribution < -0.4 is 0 Å². The third-order valence-corrected chi connectivity index (χ3v) is 5.83. The topological polar surface area (TPSA) is 57.7 Å². The van der Waals surface area contributed by atoms with Gasteiger partial charge < -0.3 is 4.90 Å². The van der Waals surface area contributed by atoms with Crippen molar-refractivity contribution in [1.82, 2.24) is 9.21 Å². The van der Waals surface area contributed by atoms with Crippen LogP contribution >= 0.6 is 0 Å². The van der Waals surface area contributed by atoms with Crippen molar-refractivity contribution in [2.24, 2.45) is 5.92 Å². The number of rotatable bonds is 5. The van der Waals surface area contributed by atoms with Crippen LogP contribution in [0.1, 0.15) is 32.3 Å². The second kappa shape index (κ2) is 7.93. The molecule has 0 unspecified atom stereocenters. The van der Waals surface area contributed by atoms with Crippen molar-refractivity contribution in [1.29, 1.82) is 0 Å². The van der Waals surface area contributed by atoms with Gasteiger partial charge in [0.25, 0.3) is 0 Å². The molecular weight excluding hydrogens is 312 g/mol. The Morgan fingerprint density at radius 1 is 1.09 bits per heavy atom. The van der Waals surface area contributed by atoms with Crippen LogP contribution in [-0.4, -0.2) is 49.7 Å². The van der Waals surface area contributed by atoms with Crippen LogP contribution in [0.3, 0.4) is 0 Å². The standard InChI is InChI=1S/C17H26N2O3S/c1-15(2)13-17(20)18-9-6-10-19(12-11-18)23(21,22)14-16-7-4-3-5-8-16/h3-5,7-8,15H,6,9-14H2,1-2H3. The maximum Gasteiger partial charge on any atom is 0.222 e. The summed E-state index contributed by atoms with van der Waals surface area (Å²) in [4.78, 5) is 14.0. The van der Waals surface area contributed by atoms with E-state index in [0.717, 1.165) is 5.56 Å². The molecule has 1 aliphatic rings. The number of amides is 1. The Bertz CT molecular complexity index is 614. The van der Waals surface area contributed by atoms with Crippen LogP contribution in [0.4, 0.5) is 0 Å². The number of nitrogens with zero attached hydrogens (tertiary/aromatic N) is 2. The Hall–Kier alpha value is -1.40. The van der Waals surface area contributed by atoms with E-state index in [9.17, 15) is 13.2 Å². The van der Waals surface area contributed by atoms with Crippen LogP contribution in [0.15, 0.2) is 30.3 Å². The summed E-state index contributed by atoms with van der Waals surface area (Å²) in [5.41, 5.74) is 0.796. The number of benzene rings is 1. The van der Waals surface area contributed by atoms with E-state index in [2.05, 4.69) is 0 Å². The lowest BCUT2D eigenvalue weighted by Gasteiger charge is -2.22. The van der Waals surface area contributed by atoms with Crippen molar-refractivity contribution in [2.75, 3.05) is 26.2 Å². The number of carbonyl (C=O) groups excluding carboxylic acids is 1. The molecule has 0 N–H and O–H groups in total. The molecule has 0 aliphatic carbocycles. The van der Waals surface area contributed by atoms with Crippen molar-refractivity contribution in [3.63, 3.8) is 0 Å². The molecule has 1 saturated heterocycles. The van der Waals surface area contributed by atoms with Gasteiger partial charge in [0.15, 0.2) is 0 Å². The van der Waals surface area contributed by atoms with Crippen LogP contribution in [-0.2, 0) is 20.6 Å². The summed E-state index contributed by atoms with van der Waals surface area (Å²) in [6, 6.07) is 9.22. The smallest absolute Gasteiger partial charge is 0.222 e. The van der Waals surface area contributed by atoms with Crippen molar-refractivity contribution >= 4 is 15.9 Å². The SMILES string of the molecule is CC(C)CC(=O)N1CCCN(S(=O)(=O)Cc2ccccc2)CC1. The average Bonchev–Trinajstić information content (AvgIpc) is 2.73. The highest BCUT2D eigenvalue weighted by Gasteiger charge is 2.27. The fraction of sp³-hybridized carbons (Fsp3) is 0.588. The van der Waals surface area contributed by atoms with Gasteiger partial charge in [0.05, 0.1) is 5.75 Å². The minimum Gasteiger partial charge on any atom is -0.341 e. The fourth-order valence-corrected chi connectivity index (χ4v) is 4.34. The summed E-state index contributed by atoms with van der Waals surface area (Å²) in [6.07, 6.45) is 1.22. The summed E-state index contributed by atoms with van der Waals surface area (Å²) in [7, 11) is -3.34. The second-order valence-corrected chi connectivity index (χ2v) is 8.44. The summed E-state index contributed by atoms with van der Waals surface area (Å²) >= 11 is 0. The van der Waals surface area contributed by atoms with Gasteiger partial charge in [-0.25, -0.2) is 8.42 Å². The zero-order valence-electron chi connectivity index (χ0n) is 13.9. The molecule has 0 radical (unpaired) electrons. The van der Waals surface area contributed by atoms with E-state index < -0.39 is 10.0 Å². The van der Waals surface area contributed by atoms with Gasteiger partial charge in [-0.2, -0.15) is 4.31 Å². The summed E-state index contributed by atoms with van der Waals surface area (Å²) < 4.78 is 26.7. The largest absolute Gasteiger partial charge is 0.341 e. The molecule has 1 amide bonds. The Balaban J connectivity index is 1.98. The van der Waals surface area contributed by atoms with Crippen LogP contribution in [0.5, 0.6) is 0 Å². The van der Waals surface area contributed by atoms with E-state index >= 15 is 0 Å². The molecule has 0 spiro atoms. The lowest BCUT2D eigenvalue weighted by molar-refractivity contribution is -0.131. The first-order chi connectivity index (χ1) is 10.9. The minimum atomic E-state index is -3.34. The molecule has 0 saturated carbocycles. The summed E-state index contributed by atoms with van der Waals surface area (Å²) in [5.74, 6) is 0.472. The molecule has 1 aliphatic heterocycles. The van der Waals surface area contributed by atoms with Crippen molar-refractivity contribution in [3.8, 4) is 0 Å². The fourth-order valence-electron chi connectivity index (χ4n) is 2.78. The Morgan fingerprint density at radius 2 is 1.78 bits per heavy atom. The van der Waals surface area contributed by atoms with Gasteiger partial charge in [0, 0.05) is 32.6 Å². The first kappa shape index (κ1) is 17.9. The second-order valence-electron chi connectivity index (χ2n) is 6.47. The van der Waals surface area contributed by atoms with Gasteiger partial charge >= 0.3 is 0 Å². The van der Waals surface area contributed by atoms with Gasteiger partial charge in [0.2, 0.25) is 15.9 Å². The molecule has 5 nitrogen and oxygen atoms in total. The highest BCUT2D eigenvalue weighted by molar-refractivity contribution is 7.88. The highest BCUT2D eigenvalue weighted by Crippen LogP contribution is 2.15. The first-order valence-electron chi connectivity index (χ1n) is 8.18. The van der Waals surface area contributed by atoms with Gasteiger partial charge in [-0.1, -0.05) is 44.2 Å². The van der Waals surface area contributed by atoms with Gasteiger partial charge in [-0.05, 0) is 17.9 Å². The van der Waals surface area contributed by atoms with Gasteiger partial charge in [0.1, 0.15) is 0 Å². The Labute approximate surface area is 139 Å². The van der Waals surface area contributed by atoms with E-state index in [4.69, 9.17) is 0 Å². The normalized spacial score (nSPS) is 17.3. The molecule has 23 heavy (non-hydrogen) atoms. The van der Waals surface area contributed by atoms with Crippen LogP contribution in [0.25, 0.3) is 0 Å². The van der Waals surface area contributed by atoms with E-state index in [0.29, 0.717) is 44.9 Å². The van der Waals surface area contributed by atoms with Crippen LogP contribution in [0, 0.1) is 5.92 Å². The maximum absolute atomic E-state index is 12.6. The van der Waals surface area contributed by atoms with Crippen molar-refractivity contribution in [3.05, 3.63) is 35.9 Å². The molecule has 1 heterocycles. The molecule has 128 valence electrons. The first-order valence-corrected chi connectivity index (χ1v) is 9.79. The van der Waals surface area contributed by atoms with Crippen LogP contribution in [0.2, 0.25) is 0 Å². The Kier molecular flexibility index (Phi) is 6.18. The monoisotopic (exact) mass is 338 g/mol. The maximum atomic E-state index is 12.6. The summed E-state index contributed by atoms with van der Waals surface area (Å²) in [5, 5.41) is 0. The molecule has 1 fully saturated rings. The van der Waals surface area contributed by atoms with Crippen molar-refractivity contribution < 1.29 is 13.2 Å². The average molecular weight is 338 g/mol. The minimum absolute atomic E-state index is 0.0216. The number of sulfonamides is 1. The predicted molar refractivity (Wildman–Crippen MR) is 91.3 cm³/mol. The third-order valence-electron chi connectivity index (χ3n) is 3.98. The Morgan fingerprint density at radius 3 is 2.43 bits per heavy atom. The van der Waals surface area contributed by atoms with Gasteiger partial charge in [-0.3, -0.25) is 4.79 Å². The van der Waals surface area contributed by atoms with Crippen molar-refractivity contribution in [2.45, 2.75) is 32.4 Å². The number of hydrogen-bond donors (Lipinski definition) is 0. The van der Waals surface area contributed by atoms with E-state index in [1.165, 1.54) is 4.31 Å². The molecule has 6 heteroatoms. The van der Waals surface area contributed by atoms with Gasteiger partial charge in [-0.15, -0.1) is 0 Å². The molecule has 0 atom stereocenters. The molecular formula is C17H26N2O3S. The molecule has 2 rings (SSSR count). The zero-order chi connectivity index (χ0) is 16.9. The lowest BCUT2D eigenvalue weighted by Crippen LogP contribution is -2.38. The van der Waals surface area contributed by atoms with E-state index in [1.54, 1.807) is 4.90 Å². The molecule has 1 aromatic carbocycles. The zero-order valence-corrected chi connectivity index (χ0v) is 14.8. The lowest BCUT2D eigenvalue weighted by atomic mass is 10.1. The number of hydrogen-bond acceptors (Lipinski definition) is 3. The van der Waals surface area contributed by atoms with E-state index in [-0.39, 0.29) is 11.7 Å². The quantitative estimate of drug-likeness (QED) is 0.826. The predicted octanol–water partition coefficient (Wildman–Crippen LogP) is 2.10. The molecule has 0 bridgehead atoms. The molecule has 0 aromatic heterocycles.